The number of anilines is 1. The van der Waals surface area contributed by atoms with Gasteiger partial charge < -0.3 is 10.6 Å². The minimum Gasteiger partial charge on any atom is -0.377 e. The molecule has 0 radical (unpaired) electrons. The van der Waals surface area contributed by atoms with E-state index < -0.39 is 0 Å². The van der Waals surface area contributed by atoms with E-state index in [1.165, 1.54) is 29.7 Å². The van der Waals surface area contributed by atoms with Gasteiger partial charge >= 0.3 is 0 Å². The van der Waals surface area contributed by atoms with Crippen LogP contribution in [0.1, 0.15) is 30.0 Å². The van der Waals surface area contributed by atoms with Gasteiger partial charge in [0.1, 0.15) is 0 Å². The highest BCUT2D eigenvalue weighted by Gasteiger charge is 2.20. The fraction of sp³-hybridized carbons (Fsp3) is 0.500. The van der Waals surface area contributed by atoms with Gasteiger partial charge in [-0.3, -0.25) is 0 Å². The van der Waals surface area contributed by atoms with Gasteiger partial charge in [-0.05, 0) is 36.5 Å². The summed E-state index contributed by atoms with van der Waals surface area (Å²) in [6.45, 7) is 0. The van der Waals surface area contributed by atoms with Crippen molar-refractivity contribution in [3.8, 4) is 0 Å². The second-order valence-corrected chi connectivity index (χ2v) is 4.24. The maximum absolute atomic E-state index is 6.16. The van der Waals surface area contributed by atoms with Crippen molar-refractivity contribution in [3.05, 3.63) is 29.3 Å². The van der Waals surface area contributed by atoms with Crippen LogP contribution in [0.2, 0.25) is 0 Å². The average Bonchev–Trinajstić information content (AvgIpc) is 2.17. The molecule has 0 spiro atoms. The van der Waals surface area contributed by atoms with Crippen LogP contribution in [-0.2, 0) is 6.42 Å². The zero-order valence-corrected chi connectivity index (χ0v) is 8.96. The third kappa shape index (κ3) is 1.50. The van der Waals surface area contributed by atoms with E-state index in [9.17, 15) is 0 Å². The highest BCUT2D eigenvalue weighted by molar-refractivity contribution is 5.58. The summed E-state index contributed by atoms with van der Waals surface area (Å²) in [5.74, 6) is 0. The molecule has 0 saturated heterocycles. The minimum atomic E-state index is 0.234. The average molecular weight is 190 g/mol. The minimum absolute atomic E-state index is 0.234. The van der Waals surface area contributed by atoms with E-state index in [0.717, 1.165) is 6.42 Å². The van der Waals surface area contributed by atoms with Gasteiger partial charge in [-0.25, -0.2) is 0 Å². The molecule has 1 aromatic carbocycles. The van der Waals surface area contributed by atoms with Crippen LogP contribution in [0.25, 0.3) is 0 Å². The number of fused-ring (bicyclic) bond motifs is 1. The molecule has 2 rings (SSSR count). The van der Waals surface area contributed by atoms with E-state index in [-0.39, 0.29) is 6.04 Å². The summed E-state index contributed by atoms with van der Waals surface area (Å²) in [6, 6.07) is 6.73. The Bertz CT molecular complexity index is 331. The molecule has 76 valence electrons. The van der Waals surface area contributed by atoms with Crippen LogP contribution in [0.5, 0.6) is 0 Å². The van der Waals surface area contributed by atoms with Crippen LogP contribution in [-0.4, -0.2) is 14.1 Å². The Morgan fingerprint density at radius 2 is 2.14 bits per heavy atom. The maximum atomic E-state index is 6.16. The van der Waals surface area contributed by atoms with Crippen molar-refractivity contribution in [1.82, 2.24) is 0 Å². The van der Waals surface area contributed by atoms with Crippen LogP contribution < -0.4 is 10.6 Å². The van der Waals surface area contributed by atoms with E-state index in [4.69, 9.17) is 5.73 Å². The van der Waals surface area contributed by atoms with Crippen molar-refractivity contribution >= 4 is 5.69 Å². The molecule has 0 fully saturated rings. The van der Waals surface area contributed by atoms with E-state index in [1.54, 1.807) is 0 Å². The van der Waals surface area contributed by atoms with Crippen LogP contribution in [0, 0.1) is 0 Å². The molecular formula is C12H18N2. The van der Waals surface area contributed by atoms with Crippen molar-refractivity contribution in [3.63, 3.8) is 0 Å². The third-order valence-electron chi connectivity index (χ3n) is 2.99. The molecule has 0 heterocycles. The first kappa shape index (κ1) is 9.53. The molecule has 1 atom stereocenters. The standard InChI is InChI=1S/C12H18N2/c1-14(2)11-8-4-6-9-5-3-7-10(13)12(9)11/h4,6,8,10H,3,5,7,13H2,1-2H3. The lowest BCUT2D eigenvalue weighted by atomic mass is 9.87. The normalized spacial score (nSPS) is 20.4. The molecule has 14 heavy (non-hydrogen) atoms. The van der Waals surface area contributed by atoms with Gasteiger partial charge in [0, 0.05) is 25.8 Å². The summed E-state index contributed by atoms with van der Waals surface area (Å²) in [6.07, 6.45) is 3.54. The molecule has 0 aliphatic heterocycles. The van der Waals surface area contributed by atoms with Gasteiger partial charge in [0.15, 0.2) is 0 Å². The molecule has 0 aromatic heterocycles. The first-order valence-corrected chi connectivity index (χ1v) is 5.25. The first-order valence-electron chi connectivity index (χ1n) is 5.25. The lowest BCUT2D eigenvalue weighted by Gasteiger charge is -2.28. The lowest BCUT2D eigenvalue weighted by molar-refractivity contribution is 0.570. The predicted octanol–water partition coefficient (Wildman–Crippen LogP) is 2.09. The van der Waals surface area contributed by atoms with Crippen molar-refractivity contribution in [1.29, 1.82) is 0 Å². The first-order chi connectivity index (χ1) is 6.70. The smallest absolute Gasteiger partial charge is 0.0412 e. The summed E-state index contributed by atoms with van der Waals surface area (Å²) in [4.78, 5) is 2.16. The van der Waals surface area contributed by atoms with Gasteiger partial charge in [0.2, 0.25) is 0 Å². The van der Waals surface area contributed by atoms with Crippen LogP contribution in [0.15, 0.2) is 18.2 Å². The van der Waals surface area contributed by atoms with E-state index >= 15 is 0 Å². The summed E-state index contributed by atoms with van der Waals surface area (Å²) in [7, 11) is 4.16. The van der Waals surface area contributed by atoms with Gasteiger partial charge in [-0.1, -0.05) is 12.1 Å². The molecular weight excluding hydrogens is 172 g/mol. The Kier molecular flexibility index (Phi) is 2.46. The molecule has 1 aliphatic rings. The molecule has 0 saturated carbocycles. The van der Waals surface area contributed by atoms with E-state index in [1.807, 2.05) is 0 Å². The number of hydrogen-bond donors (Lipinski definition) is 1. The molecule has 2 heteroatoms. The SMILES string of the molecule is CN(C)c1cccc2c1C(N)CCC2. The molecule has 0 amide bonds. The quantitative estimate of drug-likeness (QED) is 0.734. The van der Waals surface area contributed by atoms with Crippen LogP contribution >= 0.6 is 0 Å². The van der Waals surface area contributed by atoms with Gasteiger partial charge in [-0.15, -0.1) is 0 Å². The molecule has 2 nitrogen and oxygen atoms in total. The molecule has 1 aromatic rings. The Morgan fingerprint density at radius 3 is 2.86 bits per heavy atom. The Morgan fingerprint density at radius 1 is 1.36 bits per heavy atom. The van der Waals surface area contributed by atoms with Gasteiger partial charge in [0.25, 0.3) is 0 Å². The monoisotopic (exact) mass is 190 g/mol. The molecule has 0 bridgehead atoms. The molecule has 1 unspecified atom stereocenters. The van der Waals surface area contributed by atoms with Crippen molar-refractivity contribution in [2.45, 2.75) is 25.3 Å². The van der Waals surface area contributed by atoms with E-state index in [2.05, 4.69) is 37.2 Å². The van der Waals surface area contributed by atoms with Crippen LogP contribution in [0.4, 0.5) is 5.69 Å². The number of hydrogen-bond acceptors (Lipinski definition) is 2. The highest BCUT2D eigenvalue weighted by atomic mass is 15.1. The Hall–Kier alpha value is -1.02. The topological polar surface area (TPSA) is 29.3 Å². The second-order valence-electron chi connectivity index (χ2n) is 4.24. The number of nitrogens with zero attached hydrogens (tertiary/aromatic N) is 1. The Labute approximate surface area is 85.7 Å². The van der Waals surface area contributed by atoms with Crippen molar-refractivity contribution in [2.24, 2.45) is 5.73 Å². The predicted molar refractivity (Wildman–Crippen MR) is 60.6 cm³/mol. The zero-order valence-electron chi connectivity index (χ0n) is 8.96. The third-order valence-corrected chi connectivity index (χ3v) is 2.99. The lowest BCUT2D eigenvalue weighted by Crippen LogP contribution is -2.22. The summed E-state index contributed by atoms with van der Waals surface area (Å²) in [5, 5.41) is 0. The van der Waals surface area contributed by atoms with Gasteiger partial charge in [-0.2, -0.15) is 0 Å². The largest absolute Gasteiger partial charge is 0.377 e. The summed E-state index contributed by atoms with van der Waals surface area (Å²) in [5.41, 5.74) is 10.2. The maximum Gasteiger partial charge on any atom is 0.0412 e. The number of nitrogens with two attached hydrogens (primary N) is 1. The van der Waals surface area contributed by atoms with Crippen molar-refractivity contribution in [2.75, 3.05) is 19.0 Å². The summed E-state index contributed by atoms with van der Waals surface area (Å²) >= 11 is 0. The van der Waals surface area contributed by atoms with Gasteiger partial charge in [0.05, 0.1) is 0 Å². The Balaban J connectivity index is 2.52. The van der Waals surface area contributed by atoms with Crippen molar-refractivity contribution < 1.29 is 0 Å². The fourth-order valence-corrected chi connectivity index (χ4v) is 2.29. The zero-order chi connectivity index (χ0) is 10.1. The molecule has 1 aliphatic carbocycles. The fourth-order valence-electron chi connectivity index (χ4n) is 2.29. The highest BCUT2D eigenvalue weighted by Crippen LogP contribution is 2.34. The number of benzene rings is 1. The van der Waals surface area contributed by atoms with E-state index in [0.29, 0.717) is 0 Å². The second kappa shape index (κ2) is 3.62. The number of rotatable bonds is 1. The van der Waals surface area contributed by atoms with Crippen LogP contribution in [0.3, 0.4) is 0 Å². The summed E-state index contributed by atoms with van der Waals surface area (Å²) < 4.78 is 0. The number of aryl methyl sites for hydroxylation is 1. The molecule has 2 N–H and O–H groups in total.